The number of aromatic nitrogens is 1. The van der Waals surface area contributed by atoms with Gasteiger partial charge < -0.3 is 20.3 Å². The van der Waals surface area contributed by atoms with Gasteiger partial charge in [-0.2, -0.15) is 0 Å². The smallest absolute Gasteiger partial charge is 0.409 e. The first kappa shape index (κ1) is 20.6. The van der Waals surface area contributed by atoms with Crippen LogP contribution in [0.4, 0.5) is 16.3 Å². The highest BCUT2D eigenvalue weighted by atomic mass is 16.6. The Morgan fingerprint density at radius 3 is 2.69 bits per heavy atom. The van der Waals surface area contributed by atoms with Gasteiger partial charge in [-0.15, -0.1) is 0 Å². The summed E-state index contributed by atoms with van der Waals surface area (Å²) in [7, 11) is 0. The number of carbonyl (C=O) groups is 2. The van der Waals surface area contributed by atoms with Crippen LogP contribution in [-0.2, 0) is 4.74 Å². The summed E-state index contributed by atoms with van der Waals surface area (Å²) >= 11 is 0. The van der Waals surface area contributed by atoms with Crippen molar-refractivity contribution >= 4 is 23.5 Å². The predicted molar refractivity (Wildman–Crippen MR) is 113 cm³/mol. The number of carbonyl (C=O) groups excluding carboxylic acids is 2. The average Bonchev–Trinajstić information content (AvgIpc) is 2.72. The topological polar surface area (TPSA) is 83.6 Å². The van der Waals surface area contributed by atoms with Crippen LogP contribution < -0.4 is 10.6 Å². The second-order valence-corrected chi connectivity index (χ2v) is 7.24. The van der Waals surface area contributed by atoms with Crippen molar-refractivity contribution in [2.75, 3.05) is 30.3 Å². The second kappa shape index (κ2) is 9.41. The molecule has 2 heterocycles. The van der Waals surface area contributed by atoms with Gasteiger partial charge in [-0.25, -0.2) is 9.78 Å². The van der Waals surface area contributed by atoms with Gasteiger partial charge in [0.25, 0.3) is 5.91 Å². The molecule has 0 radical (unpaired) electrons. The molecule has 1 aromatic heterocycles. The van der Waals surface area contributed by atoms with Crippen LogP contribution in [0.1, 0.15) is 41.3 Å². The minimum absolute atomic E-state index is 0.165. The molecule has 2 amide bonds. The van der Waals surface area contributed by atoms with Gasteiger partial charge in [0.15, 0.2) is 0 Å². The molecule has 154 valence electrons. The van der Waals surface area contributed by atoms with E-state index < -0.39 is 0 Å². The highest BCUT2D eigenvalue weighted by molar-refractivity contribution is 6.05. The van der Waals surface area contributed by atoms with Gasteiger partial charge in [-0.1, -0.05) is 12.1 Å². The molecule has 29 heavy (non-hydrogen) atoms. The Morgan fingerprint density at radius 2 is 1.97 bits per heavy atom. The lowest BCUT2D eigenvalue weighted by atomic mass is 10.1. The number of aryl methyl sites for hydroxylation is 1. The minimum atomic E-state index is -0.255. The van der Waals surface area contributed by atoms with Gasteiger partial charge in [-0.05, 0) is 62.9 Å². The van der Waals surface area contributed by atoms with Crippen molar-refractivity contribution in [3.05, 3.63) is 53.2 Å². The Kier molecular flexibility index (Phi) is 6.69. The van der Waals surface area contributed by atoms with Crippen molar-refractivity contribution in [1.82, 2.24) is 9.88 Å². The fourth-order valence-electron chi connectivity index (χ4n) is 3.36. The number of hydrogen-bond acceptors (Lipinski definition) is 5. The third-order valence-corrected chi connectivity index (χ3v) is 5.25. The van der Waals surface area contributed by atoms with E-state index in [1.165, 1.54) is 0 Å². The minimum Gasteiger partial charge on any atom is -0.450 e. The molecule has 1 saturated heterocycles. The fraction of sp³-hybridized carbons (Fsp3) is 0.409. The van der Waals surface area contributed by atoms with Crippen molar-refractivity contribution in [3.8, 4) is 0 Å². The van der Waals surface area contributed by atoms with Crippen molar-refractivity contribution in [2.45, 2.75) is 39.7 Å². The summed E-state index contributed by atoms with van der Waals surface area (Å²) in [5, 5.41) is 6.36. The van der Waals surface area contributed by atoms with Crippen molar-refractivity contribution < 1.29 is 14.3 Å². The summed E-state index contributed by atoms with van der Waals surface area (Å²) < 4.78 is 5.05. The number of nitrogens with one attached hydrogen (secondary N) is 2. The van der Waals surface area contributed by atoms with E-state index >= 15 is 0 Å². The molecule has 0 unspecified atom stereocenters. The lowest BCUT2D eigenvalue weighted by Gasteiger charge is -2.31. The molecule has 1 aliphatic heterocycles. The number of likely N-dealkylation sites (tertiary alicyclic amines) is 1. The molecular formula is C22H28N4O3. The Morgan fingerprint density at radius 1 is 1.21 bits per heavy atom. The highest BCUT2D eigenvalue weighted by Gasteiger charge is 2.23. The standard InChI is InChI=1S/C22H28N4O3/c1-4-29-22(28)26-12-9-18(10-13-26)24-20-14-17(8-11-23-20)21(27)25-19-7-5-6-15(2)16(19)3/h5-8,11,14,18H,4,9-10,12-13H2,1-3H3,(H,23,24)(H,25,27). The molecule has 0 spiro atoms. The van der Waals surface area contributed by atoms with Gasteiger partial charge in [0.1, 0.15) is 5.82 Å². The molecule has 1 aliphatic rings. The van der Waals surface area contributed by atoms with Gasteiger partial charge in [0, 0.05) is 36.6 Å². The van der Waals surface area contributed by atoms with Crippen LogP contribution in [0.15, 0.2) is 36.5 Å². The number of ether oxygens (including phenoxy) is 1. The van der Waals surface area contributed by atoms with Crippen LogP contribution >= 0.6 is 0 Å². The van der Waals surface area contributed by atoms with Crippen molar-refractivity contribution in [3.63, 3.8) is 0 Å². The van der Waals surface area contributed by atoms with E-state index in [4.69, 9.17) is 4.74 Å². The third kappa shape index (κ3) is 5.25. The van der Waals surface area contributed by atoms with E-state index in [1.807, 2.05) is 32.0 Å². The van der Waals surface area contributed by atoms with Crippen LogP contribution in [0.5, 0.6) is 0 Å². The third-order valence-electron chi connectivity index (χ3n) is 5.25. The molecule has 0 bridgehead atoms. The zero-order valence-corrected chi connectivity index (χ0v) is 17.2. The second-order valence-electron chi connectivity index (χ2n) is 7.24. The van der Waals surface area contributed by atoms with E-state index in [-0.39, 0.29) is 18.0 Å². The number of hydrogen-bond donors (Lipinski definition) is 2. The van der Waals surface area contributed by atoms with E-state index in [2.05, 4.69) is 15.6 Å². The summed E-state index contributed by atoms with van der Waals surface area (Å²) in [4.78, 5) is 30.5. The fourth-order valence-corrected chi connectivity index (χ4v) is 3.36. The molecule has 2 N–H and O–H groups in total. The first-order valence-corrected chi connectivity index (χ1v) is 9.99. The molecule has 2 aromatic rings. The molecule has 3 rings (SSSR count). The number of amides is 2. The largest absolute Gasteiger partial charge is 0.450 e. The summed E-state index contributed by atoms with van der Waals surface area (Å²) in [6.07, 6.45) is 2.99. The zero-order chi connectivity index (χ0) is 20.8. The number of piperidine rings is 1. The van der Waals surface area contributed by atoms with Gasteiger partial charge in [0.2, 0.25) is 0 Å². The highest BCUT2D eigenvalue weighted by Crippen LogP contribution is 2.20. The number of rotatable bonds is 5. The summed E-state index contributed by atoms with van der Waals surface area (Å²) in [5.41, 5.74) is 3.55. The van der Waals surface area contributed by atoms with Crippen molar-refractivity contribution in [2.24, 2.45) is 0 Å². The summed E-state index contributed by atoms with van der Waals surface area (Å²) in [6.45, 7) is 7.49. The van der Waals surface area contributed by atoms with E-state index in [0.717, 1.165) is 29.7 Å². The maximum atomic E-state index is 12.7. The van der Waals surface area contributed by atoms with Crippen LogP contribution in [-0.4, -0.2) is 47.6 Å². The average molecular weight is 396 g/mol. The molecule has 7 nitrogen and oxygen atoms in total. The monoisotopic (exact) mass is 396 g/mol. The van der Waals surface area contributed by atoms with Crippen LogP contribution in [0.25, 0.3) is 0 Å². The number of anilines is 2. The molecule has 0 saturated carbocycles. The lowest BCUT2D eigenvalue weighted by molar-refractivity contribution is 0.0981. The quantitative estimate of drug-likeness (QED) is 0.799. The zero-order valence-electron chi connectivity index (χ0n) is 17.2. The Labute approximate surface area is 171 Å². The lowest BCUT2D eigenvalue weighted by Crippen LogP contribution is -2.42. The number of pyridine rings is 1. The molecule has 7 heteroatoms. The maximum Gasteiger partial charge on any atom is 0.409 e. The SMILES string of the molecule is CCOC(=O)N1CCC(Nc2cc(C(=O)Nc3cccc(C)c3C)ccn2)CC1. The maximum absolute atomic E-state index is 12.7. The Bertz CT molecular complexity index is 876. The van der Waals surface area contributed by atoms with Gasteiger partial charge in [-0.3, -0.25) is 4.79 Å². The number of nitrogens with zero attached hydrogens (tertiary/aromatic N) is 2. The molecule has 0 aliphatic carbocycles. The van der Waals surface area contributed by atoms with Gasteiger partial charge in [0.05, 0.1) is 6.61 Å². The van der Waals surface area contributed by atoms with E-state index in [9.17, 15) is 9.59 Å². The summed E-state index contributed by atoms with van der Waals surface area (Å²) in [5.74, 6) is 0.495. The van der Waals surface area contributed by atoms with Crippen LogP contribution in [0, 0.1) is 13.8 Å². The Hall–Kier alpha value is -3.09. The number of benzene rings is 1. The molecule has 1 fully saturated rings. The van der Waals surface area contributed by atoms with Crippen LogP contribution in [0.3, 0.4) is 0 Å². The van der Waals surface area contributed by atoms with Crippen molar-refractivity contribution in [1.29, 1.82) is 0 Å². The van der Waals surface area contributed by atoms with E-state index in [0.29, 0.717) is 31.1 Å². The molecular weight excluding hydrogens is 368 g/mol. The molecule has 0 atom stereocenters. The first-order valence-electron chi connectivity index (χ1n) is 9.99. The predicted octanol–water partition coefficient (Wildman–Crippen LogP) is 3.98. The summed E-state index contributed by atoms with van der Waals surface area (Å²) in [6, 6.07) is 9.52. The van der Waals surface area contributed by atoms with Gasteiger partial charge >= 0.3 is 6.09 Å². The van der Waals surface area contributed by atoms with E-state index in [1.54, 1.807) is 30.2 Å². The Balaban J connectivity index is 1.59. The first-order chi connectivity index (χ1) is 14.0. The van der Waals surface area contributed by atoms with Crippen LogP contribution in [0.2, 0.25) is 0 Å². The normalized spacial score (nSPS) is 14.4. The molecule has 1 aromatic carbocycles.